The largest absolute Gasteiger partial charge is 0.388 e. The van der Waals surface area contributed by atoms with Crippen molar-refractivity contribution in [1.29, 1.82) is 0 Å². The van der Waals surface area contributed by atoms with Crippen molar-refractivity contribution in [2.24, 2.45) is 0 Å². The summed E-state index contributed by atoms with van der Waals surface area (Å²) in [6, 6.07) is 18.6. The average molecular weight is 322 g/mol. The third-order valence-corrected chi connectivity index (χ3v) is 3.83. The monoisotopic (exact) mass is 322 g/mol. The van der Waals surface area contributed by atoms with E-state index in [1.165, 1.54) is 0 Å². The summed E-state index contributed by atoms with van der Waals surface area (Å²) in [4.78, 5) is 12.3. The molecule has 0 fully saturated rings. The van der Waals surface area contributed by atoms with Crippen molar-refractivity contribution in [3.63, 3.8) is 0 Å². The smallest absolute Gasteiger partial charge is 0.256 e. The summed E-state index contributed by atoms with van der Waals surface area (Å²) in [5.41, 5.74) is 2.39. The number of aliphatic hydroxyl groups is 1. The zero-order chi connectivity index (χ0) is 16.9. The quantitative estimate of drug-likeness (QED) is 0.757. The predicted molar refractivity (Wildman–Crippen MR) is 90.4 cm³/mol. The first kappa shape index (κ1) is 16.0. The Bertz CT molecular complexity index is 813. The van der Waals surface area contributed by atoms with Crippen molar-refractivity contribution in [1.82, 2.24) is 10.5 Å². The van der Waals surface area contributed by atoms with Crippen molar-refractivity contribution < 1.29 is 14.4 Å². The van der Waals surface area contributed by atoms with Gasteiger partial charge in [0.05, 0.1) is 6.10 Å². The van der Waals surface area contributed by atoms with Gasteiger partial charge in [-0.15, -0.1) is 0 Å². The third-order valence-electron chi connectivity index (χ3n) is 3.83. The molecular formula is C19H18N2O3. The van der Waals surface area contributed by atoms with Gasteiger partial charge in [0.2, 0.25) is 0 Å². The van der Waals surface area contributed by atoms with E-state index in [4.69, 9.17) is 4.52 Å². The second-order valence-corrected chi connectivity index (χ2v) is 5.41. The molecule has 3 aromatic rings. The fourth-order valence-corrected chi connectivity index (χ4v) is 2.58. The number of hydrogen-bond donors (Lipinski definition) is 2. The lowest BCUT2D eigenvalue weighted by Gasteiger charge is -2.10. The number of nitrogens with zero attached hydrogens (tertiary/aromatic N) is 1. The molecule has 0 saturated carbocycles. The normalized spacial score (nSPS) is 11.9. The molecule has 0 aliphatic heterocycles. The van der Waals surface area contributed by atoms with Gasteiger partial charge >= 0.3 is 0 Å². The molecule has 0 aliphatic carbocycles. The van der Waals surface area contributed by atoms with E-state index in [0.29, 0.717) is 17.0 Å². The molecule has 0 aliphatic rings. The first-order valence-electron chi connectivity index (χ1n) is 7.69. The molecular weight excluding hydrogens is 304 g/mol. The molecule has 1 unspecified atom stereocenters. The van der Waals surface area contributed by atoms with Crippen LogP contribution in [-0.4, -0.2) is 23.2 Å². The highest BCUT2D eigenvalue weighted by atomic mass is 16.5. The van der Waals surface area contributed by atoms with Crippen molar-refractivity contribution in [3.8, 4) is 11.3 Å². The molecule has 1 atom stereocenters. The van der Waals surface area contributed by atoms with E-state index in [9.17, 15) is 9.90 Å². The lowest BCUT2D eigenvalue weighted by atomic mass is 10.00. The van der Waals surface area contributed by atoms with E-state index in [0.717, 1.165) is 11.1 Å². The Balaban J connectivity index is 1.96. The zero-order valence-corrected chi connectivity index (χ0v) is 13.3. The fraction of sp³-hybridized carbons (Fsp3) is 0.158. The Hall–Kier alpha value is -2.92. The van der Waals surface area contributed by atoms with Crippen LogP contribution in [0.3, 0.4) is 0 Å². The third kappa shape index (κ3) is 3.21. The molecule has 3 rings (SSSR count). The Morgan fingerprint density at radius 1 is 1.12 bits per heavy atom. The number of benzene rings is 2. The van der Waals surface area contributed by atoms with Gasteiger partial charge < -0.3 is 14.9 Å². The number of hydrogen-bond acceptors (Lipinski definition) is 4. The van der Waals surface area contributed by atoms with Gasteiger partial charge in [-0.3, -0.25) is 4.79 Å². The van der Waals surface area contributed by atoms with Gasteiger partial charge in [0.1, 0.15) is 11.3 Å². The Morgan fingerprint density at radius 2 is 1.75 bits per heavy atom. The molecule has 5 nitrogen and oxygen atoms in total. The maximum Gasteiger partial charge on any atom is 0.256 e. The van der Waals surface area contributed by atoms with Crippen LogP contribution in [0.5, 0.6) is 0 Å². The van der Waals surface area contributed by atoms with Crippen LogP contribution in [-0.2, 0) is 6.42 Å². The minimum atomic E-state index is -0.772. The Morgan fingerprint density at radius 3 is 2.38 bits per heavy atom. The van der Waals surface area contributed by atoms with Crippen molar-refractivity contribution in [2.45, 2.75) is 12.5 Å². The second-order valence-electron chi connectivity index (χ2n) is 5.41. The standard InChI is InChI=1S/C19H18N2O3/c1-20-19(23)17-16(12-15(22)13-8-4-2-5-9-13)24-21-18(17)14-10-6-3-7-11-14/h2-11,15,22H,12H2,1H3,(H,20,23). The van der Waals surface area contributed by atoms with Crippen LogP contribution in [0.4, 0.5) is 0 Å². The summed E-state index contributed by atoms with van der Waals surface area (Å²) in [5.74, 6) is 0.0786. The highest BCUT2D eigenvalue weighted by Gasteiger charge is 2.25. The first-order chi connectivity index (χ1) is 11.7. The van der Waals surface area contributed by atoms with Gasteiger partial charge in [0, 0.05) is 19.0 Å². The number of nitrogens with one attached hydrogen (secondary N) is 1. The molecule has 122 valence electrons. The van der Waals surface area contributed by atoms with Gasteiger partial charge in [-0.05, 0) is 5.56 Å². The van der Waals surface area contributed by atoms with Crippen molar-refractivity contribution >= 4 is 5.91 Å². The number of carbonyl (C=O) groups excluding carboxylic acids is 1. The number of aromatic nitrogens is 1. The molecule has 1 aromatic heterocycles. The Kier molecular flexibility index (Phi) is 4.72. The van der Waals surface area contributed by atoms with Gasteiger partial charge in [-0.25, -0.2) is 0 Å². The van der Waals surface area contributed by atoms with Crippen molar-refractivity contribution in [3.05, 3.63) is 77.6 Å². The maximum absolute atomic E-state index is 12.3. The summed E-state index contributed by atoms with van der Waals surface area (Å²) >= 11 is 0. The van der Waals surface area contributed by atoms with Gasteiger partial charge in [-0.1, -0.05) is 65.8 Å². The fourth-order valence-electron chi connectivity index (χ4n) is 2.58. The summed E-state index contributed by atoms with van der Waals surface area (Å²) < 4.78 is 5.39. The van der Waals surface area contributed by atoms with Gasteiger partial charge in [-0.2, -0.15) is 0 Å². The summed E-state index contributed by atoms with van der Waals surface area (Å²) in [6.45, 7) is 0. The van der Waals surface area contributed by atoms with E-state index in [-0.39, 0.29) is 12.3 Å². The number of carbonyl (C=O) groups is 1. The van der Waals surface area contributed by atoms with Crippen LogP contribution in [0.25, 0.3) is 11.3 Å². The molecule has 0 spiro atoms. The molecule has 1 amide bonds. The van der Waals surface area contributed by atoms with Crippen LogP contribution < -0.4 is 5.32 Å². The molecule has 0 radical (unpaired) electrons. The number of rotatable bonds is 5. The van der Waals surface area contributed by atoms with Gasteiger partial charge in [0.25, 0.3) is 5.91 Å². The van der Waals surface area contributed by atoms with Crippen molar-refractivity contribution in [2.75, 3.05) is 7.05 Å². The topological polar surface area (TPSA) is 75.4 Å². The molecule has 24 heavy (non-hydrogen) atoms. The van der Waals surface area contributed by atoms with E-state index < -0.39 is 6.10 Å². The summed E-state index contributed by atoms with van der Waals surface area (Å²) in [5, 5.41) is 17.1. The molecule has 0 saturated heterocycles. The highest BCUT2D eigenvalue weighted by Crippen LogP contribution is 2.28. The number of amides is 1. The molecule has 1 heterocycles. The average Bonchev–Trinajstić information content (AvgIpc) is 3.06. The summed E-state index contributed by atoms with van der Waals surface area (Å²) in [7, 11) is 1.56. The molecule has 0 bridgehead atoms. The Labute approximate surface area is 139 Å². The minimum Gasteiger partial charge on any atom is -0.388 e. The van der Waals surface area contributed by atoms with E-state index in [1.54, 1.807) is 7.05 Å². The van der Waals surface area contributed by atoms with Crippen LogP contribution >= 0.6 is 0 Å². The molecule has 2 N–H and O–H groups in total. The minimum absolute atomic E-state index is 0.173. The number of aliphatic hydroxyl groups excluding tert-OH is 1. The summed E-state index contributed by atoms with van der Waals surface area (Å²) in [6.07, 6.45) is -0.599. The first-order valence-corrected chi connectivity index (χ1v) is 7.69. The SMILES string of the molecule is CNC(=O)c1c(-c2ccccc2)noc1CC(O)c1ccccc1. The maximum atomic E-state index is 12.3. The van der Waals surface area contributed by atoms with E-state index >= 15 is 0 Å². The van der Waals surface area contributed by atoms with E-state index in [2.05, 4.69) is 10.5 Å². The van der Waals surface area contributed by atoms with Crippen LogP contribution in [0.2, 0.25) is 0 Å². The molecule has 5 heteroatoms. The lowest BCUT2D eigenvalue weighted by Crippen LogP contribution is -2.20. The van der Waals surface area contributed by atoms with Crippen LogP contribution in [0.15, 0.2) is 65.2 Å². The van der Waals surface area contributed by atoms with Gasteiger partial charge in [0.15, 0.2) is 5.76 Å². The highest BCUT2D eigenvalue weighted by molar-refractivity contribution is 6.00. The second kappa shape index (κ2) is 7.10. The van der Waals surface area contributed by atoms with E-state index in [1.807, 2.05) is 60.7 Å². The molecule has 2 aromatic carbocycles. The lowest BCUT2D eigenvalue weighted by molar-refractivity contribution is 0.0959. The van der Waals surface area contributed by atoms with Crippen LogP contribution in [0.1, 0.15) is 27.8 Å². The van der Waals surface area contributed by atoms with Crippen LogP contribution in [0, 0.1) is 0 Å². The zero-order valence-electron chi connectivity index (χ0n) is 13.3. The predicted octanol–water partition coefficient (Wildman–Crippen LogP) is 2.98.